The van der Waals surface area contributed by atoms with Gasteiger partial charge in [0.25, 0.3) is 5.91 Å². The number of halogens is 1. The molecule has 1 fully saturated rings. The third kappa shape index (κ3) is 3.19. The first kappa shape index (κ1) is 13.9. The van der Waals surface area contributed by atoms with Crippen LogP contribution in [0.25, 0.3) is 0 Å². The fourth-order valence-corrected chi connectivity index (χ4v) is 2.87. The van der Waals surface area contributed by atoms with Gasteiger partial charge in [-0.2, -0.15) is 0 Å². The predicted molar refractivity (Wildman–Crippen MR) is 80.7 cm³/mol. The minimum atomic E-state index is -0.199. The number of carbonyl (C=O) groups is 1. The lowest BCUT2D eigenvalue weighted by molar-refractivity contribution is 0.0924. The number of aromatic nitrogens is 1. The van der Waals surface area contributed by atoms with Crippen LogP contribution >= 0.6 is 11.6 Å². The molecule has 0 unspecified atom stereocenters. The highest BCUT2D eigenvalue weighted by atomic mass is 35.5. The van der Waals surface area contributed by atoms with Gasteiger partial charge in [0.15, 0.2) is 5.69 Å². The number of anilines is 1. The Morgan fingerprint density at radius 1 is 1.38 bits per heavy atom. The van der Waals surface area contributed by atoms with Gasteiger partial charge in [-0.05, 0) is 25.0 Å². The maximum atomic E-state index is 12.0. The molecule has 0 spiro atoms. The Hall–Kier alpha value is -2.01. The summed E-state index contributed by atoms with van der Waals surface area (Å²) in [6.45, 7) is 1.69. The summed E-state index contributed by atoms with van der Waals surface area (Å²) in [5.74, 6) is -0.199. The molecule has 0 radical (unpaired) electrons. The van der Waals surface area contributed by atoms with Crippen molar-refractivity contribution < 1.29 is 9.32 Å². The van der Waals surface area contributed by atoms with E-state index in [9.17, 15) is 4.79 Å². The molecule has 2 aromatic rings. The van der Waals surface area contributed by atoms with Gasteiger partial charge in [0.2, 0.25) is 0 Å². The fourth-order valence-electron chi connectivity index (χ4n) is 2.61. The number of benzene rings is 1. The minimum Gasteiger partial charge on any atom is -0.368 e. The molecule has 1 aliphatic rings. The molecular formula is C15H16ClN3O2. The minimum absolute atomic E-state index is 0.0826. The number of hydrogen-bond donors (Lipinski definition) is 1. The van der Waals surface area contributed by atoms with E-state index < -0.39 is 0 Å². The van der Waals surface area contributed by atoms with Crippen LogP contribution in [0.1, 0.15) is 23.3 Å². The molecule has 1 saturated heterocycles. The second-order valence-corrected chi connectivity index (χ2v) is 5.50. The van der Waals surface area contributed by atoms with Gasteiger partial charge >= 0.3 is 0 Å². The van der Waals surface area contributed by atoms with E-state index in [2.05, 4.69) is 15.4 Å². The van der Waals surface area contributed by atoms with Crippen LogP contribution in [-0.2, 0) is 0 Å². The van der Waals surface area contributed by atoms with Crippen molar-refractivity contribution >= 4 is 23.2 Å². The fraction of sp³-hybridized carbons (Fsp3) is 0.333. The number of amides is 1. The van der Waals surface area contributed by atoms with Crippen molar-refractivity contribution in [3.8, 4) is 0 Å². The van der Waals surface area contributed by atoms with Crippen LogP contribution in [-0.4, -0.2) is 30.2 Å². The Bertz CT molecular complexity index is 615. The standard InChI is InChI=1S/C15H16ClN3O2/c16-12-5-1-2-6-14(12)19-8-3-4-11(10-19)17-15(20)13-7-9-21-18-13/h1-2,5-7,9,11H,3-4,8,10H2,(H,17,20)/t11-/m1/s1. The molecule has 0 bridgehead atoms. The Balaban J connectivity index is 1.66. The monoisotopic (exact) mass is 305 g/mol. The van der Waals surface area contributed by atoms with Crippen molar-refractivity contribution in [3.05, 3.63) is 47.3 Å². The van der Waals surface area contributed by atoms with Crippen molar-refractivity contribution in [1.29, 1.82) is 0 Å². The quantitative estimate of drug-likeness (QED) is 0.947. The van der Waals surface area contributed by atoms with E-state index in [-0.39, 0.29) is 11.9 Å². The zero-order valence-corrected chi connectivity index (χ0v) is 12.2. The van der Waals surface area contributed by atoms with Crippen molar-refractivity contribution in [1.82, 2.24) is 10.5 Å². The first-order valence-corrected chi connectivity index (χ1v) is 7.32. The second kappa shape index (κ2) is 6.18. The van der Waals surface area contributed by atoms with E-state index in [1.54, 1.807) is 6.07 Å². The number of carbonyl (C=O) groups excluding carboxylic acids is 1. The molecule has 1 aliphatic heterocycles. The van der Waals surface area contributed by atoms with Crippen LogP contribution in [0.3, 0.4) is 0 Å². The van der Waals surface area contributed by atoms with E-state index in [1.807, 2.05) is 24.3 Å². The molecule has 1 aromatic carbocycles. The number of rotatable bonds is 3. The highest BCUT2D eigenvalue weighted by Crippen LogP contribution is 2.27. The highest BCUT2D eigenvalue weighted by Gasteiger charge is 2.23. The molecule has 2 heterocycles. The summed E-state index contributed by atoms with van der Waals surface area (Å²) >= 11 is 6.24. The van der Waals surface area contributed by atoms with Gasteiger partial charge < -0.3 is 14.7 Å². The van der Waals surface area contributed by atoms with Crippen molar-refractivity contribution in [2.45, 2.75) is 18.9 Å². The second-order valence-electron chi connectivity index (χ2n) is 5.09. The van der Waals surface area contributed by atoms with Crippen LogP contribution in [0.2, 0.25) is 5.02 Å². The normalized spacial score (nSPS) is 18.5. The average Bonchev–Trinajstić information content (AvgIpc) is 3.02. The van der Waals surface area contributed by atoms with Crippen LogP contribution in [0.4, 0.5) is 5.69 Å². The lowest BCUT2D eigenvalue weighted by atomic mass is 10.0. The largest absolute Gasteiger partial charge is 0.368 e. The Morgan fingerprint density at radius 3 is 3.00 bits per heavy atom. The predicted octanol–water partition coefficient (Wildman–Crippen LogP) is 2.73. The molecule has 1 amide bonds. The number of nitrogens with zero attached hydrogens (tertiary/aromatic N) is 2. The lowest BCUT2D eigenvalue weighted by Gasteiger charge is -2.35. The molecule has 1 N–H and O–H groups in total. The average molecular weight is 306 g/mol. The topological polar surface area (TPSA) is 58.4 Å². The van der Waals surface area contributed by atoms with E-state index in [1.165, 1.54) is 6.26 Å². The van der Waals surface area contributed by atoms with Gasteiger partial charge in [-0.1, -0.05) is 28.9 Å². The van der Waals surface area contributed by atoms with E-state index in [0.29, 0.717) is 5.69 Å². The summed E-state index contributed by atoms with van der Waals surface area (Å²) in [6.07, 6.45) is 3.35. The van der Waals surface area contributed by atoms with Gasteiger partial charge in [0.05, 0.1) is 10.7 Å². The Kier molecular flexibility index (Phi) is 4.10. The van der Waals surface area contributed by atoms with Crippen molar-refractivity contribution in [2.75, 3.05) is 18.0 Å². The summed E-state index contributed by atoms with van der Waals surface area (Å²) in [6, 6.07) is 9.42. The molecule has 0 saturated carbocycles. The molecule has 6 heteroatoms. The van der Waals surface area contributed by atoms with Crippen molar-refractivity contribution in [2.24, 2.45) is 0 Å². The molecule has 21 heavy (non-hydrogen) atoms. The molecular weight excluding hydrogens is 290 g/mol. The van der Waals surface area contributed by atoms with Gasteiger partial charge in [-0.15, -0.1) is 0 Å². The van der Waals surface area contributed by atoms with Crippen LogP contribution < -0.4 is 10.2 Å². The number of para-hydroxylation sites is 1. The van der Waals surface area contributed by atoms with Gasteiger partial charge in [-0.3, -0.25) is 4.79 Å². The number of hydrogen-bond acceptors (Lipinski definition) is 4. The molecule has 1 atom stereocenters. The highest BCUT2D eigenvalue weighted by molar-refractivity contribution is 6.33. The molecule has 0 aliphatic carbocycles. The van der Waals surface area contributed by atoms with E-state index >= 15 is 0 Å². The maximum absolute atomic E-state index is 12.0. The summed E-state index contributed by atoms with van der Waals surface area (Å²) in [4.78, 5) is 14.2. The van der Waals surface area contributed by atoms with Crippen molar-refractivity contribution in [3.63, 3.8) is 0 Å². The molecule has 1 aromatic heterocycles. The van der Waals surface area contributed by atoms with Crippen LogP contribution in [0.5, 0.6) is 0 Å². The van der Waals surface area contributed by atoms with E-state index in [4.69, 9.17) is 16.1 Å². The zero-order chi connectivity index (χ0) is 14.7. The summed E-state index contributed by atoms with van der Waals surface area (Å²) in [5.41, 5.74) is 1.32. The Morgan fingerprint density at radius 2 is 2.24 bits per heavy atom. The molecule has 5 nitrogen and oxygen atoms in total. The number of piperidine rings is 1. The molecule has 110 valence electrons. The zero-order valence-electron chi connectivity index (χ0n) is 11.5. The summed E-state index contributed by atoms with van der Waals surface area (Å²) < 4.78 is 4.69. The maximum Gasteiger partial charge on any atom is 0.273 e. The summed E-state index contributed by atoms with van der Waals surface area (Å²) in [7, 11) is 0. The SMILES string of the molecule is O=C(N[C@@H]1CCCN(c2ccccc2Cl)C1)c1ccon1. The van der Waals surface area contributed by atoms with E-state index in [0.717, 1.165) is 36.6 Å². The Labute approximate surface area is 127 Å². The van der Waals surface area contributed by atoms with Gasteiger partial charge in [-0.25, -0.2) is 0 Å². The van der Waals surface area contributed by atoms with Gasteiger partial charge in [0, 0.05) is 25.2 Å². The number of nitrogens with one attached hydrogen (secondary N) is 1. The lowest BCUT2D eigenvalue weighted by Crippen LogP contribution is -2.48. The summed E-state index contributed by atoms with van der Waals surface area (Å²) in [5, 5.41) is 7.38. The van der Waals surface area contributed by atoms with Gasteiger partial charge in [0.1, 0.15) is 6.26 Å². The third-order valence-electron chi connectivity index (χ3n) is 3.62. The first-order valence-electron chi connectivity index (χ1n) is 6.95. The first-order chi connectivity index (χ1) is 10.2. The molecule has 3 rings (SSSR count). The third-order valence-corrected chi connectivity index (χ3v) is 3.94. The van der Waals surface area contributed by atoms with Crippen LogP contribution in [0.15, 0.2) is 41.1 Å². The smallest absolute Gasteiger partial charge is 0.273 e. The van der Waals surface area contributed by atoms with Crippen LogP contribution in [0, 0.1) is 0 Å².